The minimum atomic E-state index is -3.03. The quantitative estimate of drug-likeness (QED) is 0.835. The first-order chi connectivity index (χ1) is 8.46. The second kappa shape index (κ2) is 4.77. The van der Waals surface area contributed by atoms with Crippen LogP contribution in [-0.4, -0.2) is 36.9 Å². The Bertz CT molecular complexity index is 722. The van der Waals surface area contributed by atoms with Gasteiger partial charge in [0.1, 0.15) is 9.84 Å². The average molecular weight is 267 g/mol. The molecular weight excluding hydrogens is 254 g/mol. The van der Waals surface area contributed by atoms with Crippen LogP contribution in [0.5, 0.6) is 0 Å². The summed E-state index contributed by atoms with van der Waals surface area (Å²) in [6.45, 7) is 0.208. The molecule has 18 heavy (non-hydrogen) atoms. The van der Waals surface area contributed by atoms with E-state index >= 15 is 0 Å². The van der Waals surface area contributed by atoms with Crippen molar-refractivity contribution in [3.8, 4) is 0 Å². The number of aromatic nitrogens is 2. The molecular formula is C11H13N3O3S. The summed E-state index contributed by atoms with van der Waals surface area (Å²) in [7, 11) is -3.03. The number of rotatable bonds is 4. The molecule has 7 heteroatoms. The fraction of sp³-hybridized carbons (Fsp3) is 0.273. The molecule has 1 aromatic carbocycles. The van der Waals surface area contributed by atoms with Crippen molar-refractivity contribution in [1.29, 1.82) is 0 Å². The van der Waals surface area contributed by atoms with E-state index in [1.165, 1.54) is 0 Å². The standard InChI is InChI=1S/C11H13N3O3S/c1-18(16,17)7-6-12-11-13-9-5-3-2-4-8(9)10(15)14-11/h2-5H,6-7H2,1H3,(H2,12,13,14,15). The molecule has 6 nitrogen and oxygen atoms in total. The molecule has 0 saturated carbocycles. The number of fused-ring (bicyclic) bond motifs is 1. The van der Waals surface area contributed by atoms with E-state index in [-0.39, 0.29) is 23.8 Å². The van der Waals surface area contributed by atoms with Crippen LogP contribution in [0.3, 0.4) is 0 Å². The SMILES string of the molecule is CS(=O)(=O)CCNc1nc2ccccc2c(=O)[nH]1. The Morgan fingerprint density at radius 3 is 2.78 bits per heavy atom. The average Bonchev–Trinajstić information content (AvgIpc) is 2.27. The van der Waals surface area contributed by atoms with Gasteiger partial charge in [-0.05, 0) is 12.1 Å². The van der Waals surface area contributed by atoms with Crippen molar-refractivity contribution >= 4 is 26.7 Å². The van der Waals surface area contributed by atoms with Crippen LogP contribution in [0.1, 0.15) is 0 Å². The maximum atomic E-state index is 11.7. The van der Waals surface area contributed by atoms with Crippen LogP contribution in [-0.2, 0) is 9.84 Å². The highest BCUT2D eigenvalue weighted by Crippen LogP contribution is 2.07. The van der Waals surface area contributed by atoms with Crippen molar-refractivity contribution < 1.29 is 8.42 Å². The van der Waals surface area contributed by atoms with E-state index in [0.717, 1.165) is 6.26 Å². The Hall–Kier alpha value is -1.89. The first-order valence-corrected chi connectivity index (χ1v) is 7.42. The van der Waals surface area contributed by atoms with Crippen molar-refractivity contribution in [1.82, 2.24) is 9.97 Å². The van der Waals surface area contributed by atoms with Gasteiger partial charge in [-0.2, -0.15) is 0 Å². The molecule has 1 aromatic heterocycles. The number of nitrogens with zero attached hydrogens (tertiary/aromatic N) is 1. The summed E-state index contributed by atoms with van der Waals surface area (Å²) in [4.78, 5) is 18.5. The molecule has 0 spiro atoms. The molecule has 0 atom stereocenters. The summed E-state index contributed by atoms with van der Waals surface area (Å²) < 4.78 is 21.9. The summed E-state index contributed by atoms with van der Waals surface area (Å²) in [5.41, 5.74) is 0.325. The van der Waals surface area contributed by atoms with Crippen molar-refractivity contribution in [3.63, 3.8) is 0 Å². The fourth-order valence-electron chi connectivity index (χ4n) is 1.52. The van der Waals surface area contributed by atoms with Crippen LogP contribution >= 0.6 is 0 Å². The fourth-order valence-corrected chi connectivity index (χ4v) is 2.00. The molecule has 0 amide bonds. The first-order valence-electron chi connectivity index (χ1n) is 5.36. The number of nitrogens with one attached hydrogen (secondary N) is 2. The van der Waals surface area contributed by atoms with E-state index in [1.54, 1.807) is 24.3 Å². The lowest BCUT2D eigenvalue weighted by atomic mass is 10.2. The molecule has 0 saturated heterocycles. The number of H-pyrrole nitrogens is 1. The zero-order chi connectivity index (χ0) is 13.2. The molecule has 0 fully saturated rings. The first kappa shape index (κ1) is 12.6. The van der Waals surface area contributed by atoms with Crippen LogP contribution in [0.4, 0.5) is 5.95 Å². The lowest BCUT2D eigenvalue weighted by molar-refractivity contribution is 0.602. The molecule has 2 aromatic rings. The third-order valence-electron chi connectivity index (χ3n) is 2.38. The third-order valence-corrected chi connectivity index (χ3v) is 3.32. The molecule has 96 valence electrons. The van der Waals surface area contributed by atoms with Crippen LogP contribution in [0.15, 0.2) is 29.1 Å². The van der Waals surface area contributed by atoms with Crippen LogP contribution < -0.4 is 10.9 Å². The number of hydrogen-bond acceptors (Lipinski definition) is 5. The highest BCUT2D eigenvalue weighted by atomic mass is 32.2. The Morgan fingerprint density at radius 2 is 2.06 bits per heavy atom. The van der Waals surface area contributed by atoms with Crippen molar-refractivity contribution in [2.24, 2.45) is 0 Å². The lowest BCUT2D eigenvalue weighted by Crippen LogP contribution is -2.18. The van der Waals surface area contributed by atoms with Gasteiger partial charge in [-0.3, -0.25) is 9.78 Å². The minimum absolute atomic E-state index is 0.0104. The number of benzene rings is 1. The molecule has 2 N–H and O–H groups in total. The summed E-state index contributed by atoms with van der Waals surface area (Å²) in [6.07, 6.45) is 1.16. The lowest BCUT2D eigenvalue weighted by Gasteiger charge is -2.05. The van der Waals surface area contributed by atoms with Gasteiger partial charge in [0.05, 0.1) is 16.7 Å². The van der Waals surface area contributed by atoms with Gasteiger partial charge in [0.25, 0.3) is 5.56 Å². The Labute approximate surface area is 104 Å². The molecule has 2 rings (SSSR count). The minimum Gasteiger partial charge on any atom is -0.355 e. The second-order valence-electron chi connectivity index (χ2n) is 3.99. The number of anilines is 1. The largest absolute Gasteiger partial charge is 0.355 e. The van der Waals surface area contributed by atoms with Gasteiger partial charge in [0.15, 0.2) is 0 Å². The van der Waals surface area contributed by atoms with Gasteiger partial charge in [-0.15, -0.1) is 0 Å². The highest BCUT2D eigenvalue weighted by molar-refractivity contribution is 7.90. The maximum Gasteiger partial charge on any atom is 0.260 e. The van der Waals surface area contributed by atoms with Gasteiger partial charge < -0.3 is 5.32 Å². The van der Waals surface area contributed by atoms with Crippen molar-refractivity contribution in [2.75, 3.05) is 23.9 Å². The van der Waals surface area contributed by atoms with E-state index in [2.05, 4.69) is 15.3 Å². The van der Waals surface area contributed by atoms with E-state index in [1.807, 2.05) is 0 Å². The number of para-hydroxylation sites is 1. The molecule has 0 bridgehead atoms. The van der Waals surface area contributed by atoms with Crippen LogP contribution in [0, 0.1) is 0 Å². The summed E-state index contributed by atoms with van der Waals surface area (Å²) in [5, 5.41) is 3.29. The van der Waals surface area contributed by atoms with Gasteiger partial charge in [0, 0.05) is 12.8 Å². The number of sulfone groups is 1. The Balaban J connectivity index is 2.22. The normalized spacial score (nSPS) is 11.6. The van der Waals surface area contributed by atoms with Crippen LogP contribution in [0.2, 0.25) is 0 Å². The Kier molecular flexibility index (Phi) is 3.33. The molecule has 0 unspecified atom stereocenters. The van der Waals surface area contributed by atoms with Gasteiger partial charge >= 0.3 is 0 Å². The summed E-state index contributed by atoms with van der Waals surface area (Å²) in [6, 6.07) is 6.96. The Morgan fingerprint density at radius 1 is 1.33 bits per heavy atom. The zero-order valence-corrected chi connectivity index (χ0v) is 10.6. The topological polar surface area (TPSA) is 91.9 Å². The third kappa shape index (κ3) is 3.07. The predicted molar refractivity (Wildman–Crippen MR) is 70.6 cm³/mol. The monoisotopic (exact) mass is 267 g/mol. The van der Waals surface area contributed by atoms with E-state index in [0.29, 0.717) is 10.9 Å². The van der Waals surface area contributed by atoms with Crippen LogP contribution in [0.25, 0.3) is 10.9 Å². The molecule has 0 aliphatic heterocycles. The van der Waals surface area contributed by atoms with E-state index < -0.39 is 9.84 Å². The molecule has 0 aliphatic rings. The molecule has 0 radical (unpaired) electrons. The summed E-state index contributed by atoms with van der Waals surface area (Å²) >= 11 is 0. The van der Waals surface area contributed by atoms with E-state index in [9.17, 15) is 13.2 Å². The molecule has 1 heterocycles. The number of aromatic amines is 1. The van der Waals surface area contributed by atoms with Gasteiger partial charge in [0.2, 0.25) is 5.95 Å². The summed E-state index contributed by atoms with van der Waals surface area (Å²) in [5.74, 6) is 0.270. The number of hydrogen-bond donors (Lipinski definition) is 2. The highest BCUT2D eigenvalue weighted by Gasteiger charge is 2.04. The van der Waals surface area contributed by atoms with Crippen molar-refractivity contribution in [3.05, 3.63) is 34.6 Å². The van der Waals surface area contributed by atoms with Gasteiger partial charge in [-0.1, -0.05) is 12.1 Å². The van der Waals surface area contributed by atoms with Crippen molar-refractivity contribution in [2.45, 2.75) is 0 Å². The second-order valence-corrected chi connectivity index (χ2v) is 6.25. The van der Waals surface area contributed by atoms with Gasteiger partial charge in [-0.25, -0.2) is 13.4 Å². The zero-order valence-electron chi connectivity index (χ0n) is 9.80. The van der Waals surface area contributed by atoms with E-state index in [4.69, 9.17) is 0 Å². The predicted octanol–water partition coefficient (Wildman–Crippen LogP) is 0.380. The molecule has 0 aliphatic carbocycles. The maximum absolute atomic E-state index is 11.7. The smallest absolute Gasteiger partial charge is 0.260 e.